The van der Waals surface area contributed by atoms with Gasteiger partial charge in [-0.1, -0.05) is 35.5 Å². The maximum atomic E-state index is 3.33. The molecule has 0 saturated carbocycles. The molecule has 0 aliphatic heterocycles. The highest BCUT2D eigenvalue weighted by Crippen LogP contribution is 2.09. The van der Waals surface area contributed by atoms with Gasteiger partial charge in [0.05, 0.1) is 0 Å². The van der Waals surface area contributed by atoms with E-state index in [1.807, 2.05) is 0 Å². The Morgan fingerprint density at radius 3 is 2.23 bits per heavy atom. The van der Waals surface area contributed by atoms with Crippen LogP contribution in [0, 0.1) is 16.9 Å². The predicted octanol–water partition coefficient (Wildman–Crippen LogP) is 1.49. The highest BCUT2D eigenvalue weighted by Gasteiger charge is 2.02. The molecular formula is C12H16Si. The summed E-state index contributed by atoms with van der Waals surface area (Å²) < 4.78 is 0. The van der Waals surface area contributed by atoms with Crippen LogP contribution < -0.4 is 5.19 Å². The van der Waals surface area contributed by atoms with Gasteiger partial charge in [0.15, 0.2) is 0 Å². The SMILES string of the molecule is CC(C)(C)C#C[SiH2]c1ccccc1. The fraction of sp³-hybridized carbons (Fsp3) is 0.333. The average Bonchev–Trinajstić information content (AvgIpc) is 2.04. The van der Waals surface area contributed by atoms with Crippen LogP contribution >= 0.6 is 0 Å². The van der Waals surface area contributed by atoms with Crippen molar-refractivity contribution in [2.45, 2.75) is 20.8 Å². The van der Waals surface area contributed by atoms with E-state index < -0.39 is 0 Å². The van der Waals surface area contributed by atoms with Crippen LogP contribution in [-0.4, -0.2) is 9.52 Å². The Morgan fingerprint density at radius 1 is 1.08 bits per heavy atom. The maximum absolute atomic E-state index is 3.33. The van der Waals surface area contributed by atoms with Gasteiger partial charge in [-0.3, -0.25) is 0 Å². The molecule has 0 aromatic heterocycles. The van der Waals surface area contributed by atoms with E-state index in [-0.39, 0.29) is 14.9 Å². The summed E-state index contributed by atoms with van der Waals surface area (Å²) in [6.07, 6.45) is 0. The molecule has 0 saturated heterocycles. The lowest BCUT2D eigenvalue weighted by atomic mass is 9.99. The van der Waals surface area contributed by atoms with Crippen molar-refractivity contribution >= 4 is 14.7 Å². The highest BCUT2D eigenvalue weighted by atomic mass is 28.2. The molecule has 1 aromatic carbocycles. The largest absolute Gasteiger partial charge is 0.137 e. The van der Waals surface area contributed by atoms with Crippen LogP contribution in [0.1, 0.15) is 20.8 Å². The zero-order chi connectivity index (χ0) is 9.73. The lowest BCUT2D eigenvalue weighted by molar-refractivity contribution is 0.571. The molecule has 1 rings (SSSR count). The van der Waals surface area contributed by atoms with Gasteiger partial charge in [0.2, 0.25) is 0 Å². The monoisotopic (exact) mass is 188 g/mol. The average molecular weight is 188 g/mol. The summed E-state index contributed by atoms with van der Waals surface area (Å²) in [6.45, 7) is 6.46. The molecule has 0 aliphatic rings. The molecule has 0 bridgehead atoms. The summed E-state index contributed by atoms with van der Waals surface area (Å²) in [5, 5.41) is 1.43. The lowest BCUT2D eigenvalue weighted by Crippen LogP contribution is -2.12. The Labute approximate surface area is 83.2 Å². The normalized spacial score (nSPS) is 11.3. The molecular weight excluding hydrogens is 172 g/mol. The third kappa shape index (κ3) is 4.54. The van der Waals surface area contributed by atoms with Gasteiger partial charge in [-0.05, 0) is 20.8 Å². The smallest absolute Gasteiger partial charge is 0.133 e. The first kappa shape index (κ1) is 10.1. The van der Waals surface area contributed by atoms with Gasteiger partial charge in [-0.15, -0.1) is 11.5 Å². The molecule has 0 fully saturated rings. The summed E-state index contributed by atoms with van der Waals surface area (Å²) in [5.41, 5.74) is 3.49. The zero-order valence-corrected chi connectivity index (χ0v) is 10.0. The van der Waals surface area contributed by atoms with E-state index in [4.69, 9.17) is 0 Å². The van der Waals surface area contributed by atoms with E-state index in [2.05, 4.69) is 62.6 Å². The van der Waals surface area contributed by atoms with Gasteiger partial charge < -0.3 is 0 Å². The predicted molar refractivity (Wildman–Crippen MR) is 61.9 cm³/mol. The van der Waals surface area contributed by atoms with Crippen molar-refractivity contribution in [3.8, 4) is 11.5 Å². The second kappa shape index (κ2) is 4.29. The van der Waals surface area contributed by atoms with Crippen LogP contribution in [0.2, 0.25) is 0 Å². The molecule has 0 N–H and O–H groups in total. The van der Waals surface area contributed by atoms with Crippen LogP contribution in [0.15, 0.2) is 30.3 Å². The minimum absolute atomic E-state index is 0.155. The van der Waals surface area contributed by atoms with Crippen LogP contribution in [0.4, 0.5) is 0 Å². The van der Waals surface area contributed by atoms with Gasteiger partial charge in [0.1, 0.15) is 9.52 Å². The fourth-order valence-electron chi connectivity index (χ4n) is 1.01. The third-order valence-corrected chi connectivity index (χ3v) is 2.83. The molecule has 1 aromatic rings. The van der Waals surface area contributed by atoms with Gasteiger partial charge in [0, 0.05) is 5.41 Å². The molecule has 13 heavy (non-hydrogen) atoms. The van der Waals surface area contributed by atoms with Gasteiger partial charge in [-0.25, -0.2) is 0 Å². The quantitative estimate of drug-likeness (QED) is 0.463. The Hall–Kier alpha value is -1.00. The van der Waals surface area contributed by atoms with Crippen LogP contribution in [0.3, 0.4) is 0 Å². The summed E-state index contributed by atoms with van der Waals surface area (Å²) in [4.78, 5) is 0. The highest BCUT2D eigenvalue weighted by molar-refractivity contribution is 6.61. The van der Waals surface area contributed by atoms with Gasteiger partial charge >= 0.3 is 0 Å². The molecule has 0 heterocycles. The van der Waals surface area contributed by atoms with E-state index >= 15 is 0 Å². The second-order valence-corrected chi connectivity index (χ2v) is 5.74. The Kier molecular flexibility index (Phi) is 3.33. The second-order valence-electron chi connectivity index (χ2n) is 4.21. The molecule has 0 aliphatic carbocycles. The van der Waals surface area contributed by atoms with E-state index in [9.17, 15) is 0 Å². The number of benzene rings is 1. The Morgan fingerprint density at radius 2 is 1.69 bits per heavy atom. The molecule has 0 spiro atoms. The lowest BCUT2D eigenvalue weighted by Gasteiger charge is -2.06. The van der Waals surface area contributed by atoms with Crippen molar-refractivity contribution in [2.24, 2.45) is 5.41 Å². The fourth-order valence-corrected chi connectivity index (χ4v) is 2.34. The topological polar surface area (TPSA) is 0 Å². The molecule has 0 atom stereocenters. The van der Waals surface area contributed by atoms with E-state index in [1.54, 1.807) is 0 Å². The molecule has 68 valence electrons. The first-order valence-corrected chi connectivity index (χ1v) is 6.03. The van der Waals surface area contributed by atoms with Crippen molar-refractivity contribution in [1.29, 1.82) is 0 Å². The molecule has 0 unspecified atom stereocenters. The summed E-state index contributed by atoms with van der Waals surface area (Å²) in [5.74, 6) is 3.28. The first-order valence-electron chi connectivity index (χ1n) is 4.62. The Balaban J connectivity index is 2.56. The molecule has 0 radical (unpaired) electrons. The van der Waals surface area contributed by atoms with Gasteiger partial charge in [-0.2, -0.15) is 0 Å². The standard InChI is InChI=1S/C12H16Si/c1-12(2,3)9-10-13-11-7-5-4-6-8-11/h4-8H,13H2,1-3H3. The van der Waals surface area contributed by atoms with Crippen LogP contribution in [0.25, 0.3) is 0 Å². The zero-order valence-electron chi connectivity index (χ0n) is 8.59. The van der Waals surface area contributed by atoms with Crippen molar-refractivity contribution < 1.29 is 0 Å². The van der Waals surface area contributed by atoms with Crippen molar-refractivity contribution in [2.75, 3.05) is 0 Å². The van der Waals surface area contributed by atoms with Crippen LogP contribution in [0.5, 0.6) is 0 Å². The molecule has 1 heteroatoms. The maximum Gasteiger partial charge on any atom is 0.137 e. The third-order valence-electron chi connectivity index (χ3n) is 1.60. The summed E-state index contributed by atoms with van der Waals surface area (Å²) in [6, 6.07) is 10.6. The number of hydrogen-bond acceptors (Lipinski definition) is 0. The minimum Gasteiger partial charge on any atom is -0.133 e. The van der Waals surface area contributed by atoms with E-state index in [0.717, 1.165) is 0 Å². The summed E-state index contributed by atoms with van der Waals surface area (Å²) >= 11 is 0. The van der Waals surface area contributed by atoms with Crippen LogP contribution in [-0.2, 0) is 0 Å². The van der Waals surface area contributed by atoms with Crippen molar-refractivity contribution in [1.82, 2.24) is 0 Å². The molecule has 0 amide bonds. The summed E-state index contributed by atoms with van der Waals surface area (Å²) in [7, 11) is -0.352. The van der Waals surface area contributed by atoms with E-state index in [1.165, 1.54) is 5.19 Å². The number of hydrogen-bond donors (Lipinski definition) is 0. The molecule has 0 nitrogen and oxygen atoms in total. The first-order chi connectivity index (χ1) is 6.08. The number of rotatable bonds is 1. The van der Waals surface area contributed by atoms with E-state index in [0.29, 0.717) is 0 Å². The Bertz CT molecular complexity index is 308. The van der Waals surface area contributed by atoms with Gasteiger partial charge in [0.25, 0.3) is 0 Å². The van der Waals surface area contributed by atoms with Crippen molar-refractivity contribution in [3.63, 3.8) is 0 Å². The van der Waals surface area contributed by atoms with Crippen molar-refractivity contribution in [3.05, 3.63) is 30.3 Å². The minimum atomic E-state index is -0.352.